The molecule has 2 aromatic rings. The molecule has 0 spiro atoms. The molecule has 0 heterocycles. The molecule has 0 unspecified atom stereocenters. The molecule has 2 aromatic carbocycles. The molecule has 0 atom stereocenters. The summed E-state index contributed by atoms with van der Waals surface area (Å²) in [7, 11) is 0. The molecule has 0 bridgehead atoms. The van der Waals surface area contributed by atoms with E-state index in [1.807, 2.05) is 30.3 Å². The first kappa shape index (κ1) is 13.8. The maximum absolute atomic E-state index is 13.0. The van der Waals surface area contributed by atoms with Gasteiger partial charge in [0.2, 0.25) is 0 Å². The fraction of sp³-hybridized carbons (Fsp3) is 0.0625. The maximum atomic E-state index is 13.0. The van der Waals surface area contributed by atoms with Crippen LogP contribution in [0.2, 0.25) is 0 Å². The van der Waals surface area contributed by atoms with Crippen molar-refractivity contribution in [1.29, 1.82) is 0 Å². The lowest BCUT2D eigenvalue weighted by Gasteiger charge is -2.01. The SMILES string of the molecule is O=C(NCC#Cc1ccccc1)c1cc(F)cc(F)c1. The van der Waals surface area contributed by atoms with Gasteiger partial charge >= 0.3 is 0 Å². The van der Waals surface area contributed by atoms with Gasteiger partial charge < -0.3 is 5.32 Å². The molecule has 0 aliphatic rings. The highest BCUT2D eigenvalue weighted by Crippen LogP contribution is 2.07. The first-order valence-corrected chi connectivity index (χ1v) is 5.93. The number of carbonyl (C=O) groups is 1. The highest BCUT2D eigenvalue weighted by atomic mass is 19.1. The molecule has 1 N–H and O–H groups in total. The largest absolute Gasteiger partial charge is 0.341 e. The van der Waals surface area contributed by atoms with Crippen LogP contribution in [0.15, 0.2) is 48.5 Å². The van der Waals surface area contributed by atoms with Gasteiger partial charge in [0.1, 0.15) is 11.6 Å². The Hall–Kier alpha value is -2.67. The lowest BCUT2D eigenvalue weighted by molar-refractivity contribution is 0.0957. The Labute approximate surface area is 115 Å². The molecule has 4 heteroatoms. The molecular formula is C16H11F2NO. The molecule has 100 valence electrons. The standard InChI is InChI=1S/C16H11F2NO/c17-14-9-13(10-15(18)11-14)16(20)19-8-4-7-12-5-2-1-3-6-12/h1-3,5-6,9-11H,8H2,(H,19,20). The zero-order valence-electron chi connectivity index (χ0n) is 10.5. The molecule has 2 nitrogen and oxygen atoms in total. The third-order valence-electron chi connectivity index (χ3n) is 2.47. The number of hydrogen-bond donors (Lipinski definition) is 1. The second kappa shape index (κ2) is 6.48. The maximum Gasteiger partial charge on any atom is 0.252 e. The number of rotatable bonds is 2. The number of benzene rings is 2. The fourth-order valence-electron chi connectivity index (χ4n) is 1.58. The van der Waals surface area contributed by atoms with Gasteiger partial charge in [-0.15, -0.1) is 0 Å². The summed E-state index contributed by atoms with van der Waals surface area (Å²) in [6.45, 7) is 0.103. The van der Waals surface area contributed by atoms with Crippen molar-refractivity contribution in [2.75, 3.05) is 6.54 Å². The smallest absolute Gasteiger partial charge is 0.252 e. The molecular weight excluding hydrogens is 260 g/mol. The normalized spacial score (nSPS) is 9.50. The van der Waals surface area contributed by atoms with Crippen LogP contribution in [0.5, 0.6) is 0 Å². The van der Waals surface area contributed by atoms with Gasteiger partial charge in [-0.05, 0) is 24.3 Å². The van der Waals surface area contributed by atoms with Gasteiger partial charge in [-0.3, -0.25) is 4.79 Å². The molecule has 0 aromatic heterocycles. The van der Waals surface area contributed by atoms with Crippen LogP contribution in [0.25, 0.3) is 0 Å². The van der Waals surface area contributed by atoms with Crippen molar-refractivity contribution in [3.63, 3.8) is 0 Å². The Bertz CT molecular complexity index is 652. The first-order valence-electron chi connectivity index (χ1n) is 5.93. The molecule has 0 saturated heterocycles. The van der Waals surface area contributed by atoms with Gasteiger partial charge in [-0.1, -0.05) is 30.0 Å². The second-order valence-electron chi connectivity index (χ2n) is 4.01. The van der Waals surface area contributed by atoms with Crippen LogP contribution in [-0.4, -0.2) is 12.5 Å². The van der Waals surface area contributed by atoms with Crippen LogP contribution < -0.4 is 5.32 Å². The van der Waals surface area contributed by atoms with Gasteiger partial charge in [-0.2, -0.15) is 0 Å². The van der Waals surface area contributed by atoms with Gasteiger partial charge in [0.25, 0.3) is 5.91 Å². The van der Waals surface area contributed by atoms with E-state index in [9.17, 15) is 13.6 Å². The Morgan fingerprint density at radius 3 is 2.35 bits per heavy atom. The van der Waals surface area contributed by atoms with Crippen LogP contribution >= 0.6 is 0 Å². The van der Waals surface area contributed by atoms with E-state index in [2.05, 4.69) is 17.2 Å². The van der Waals surface area contributed by atoms with E-state index in [1.165, 1.54) is 0 Å². The topological polar surface area (TPSA) is 29.1 Å². The van der Waals surface area contributed by atoms with E-state index >= 15 is 0 Å². The number of amides is 1. The second-order valence-corrected chi connectivity index (χ2v) is 4.01. The van der Waals surface area contributed by atoms with E-state index < -0.39 is 17.5 Å². The van der Waals surface area contributed by atoms with Crippen molar-refractivity contribution in [1.82, 2.24) is 5.32 Å². The highest BCUT2D eigenvalue weighted by Gasteiger charge is 2.07. The summed E-state index contributed by atoms with van der Waals surface area (Å²) in [6.07, 6.45) is 0. The van der Waals surface area contributed by atoms with Crippen LogP contribution in [-0.2, 0) is 0 Å². The molecule has 1 amide bonds. The minimum Gasteiger partial charge on any atom is -0.341 e. The van der Waals surface area contributed by atoms with E-state index in [0.717, 1.165) is 17.7 Å². The average molecular weight is 271 g/mol. The average Bonchev–Trinajstić information content (AvgIpc) is 2.43. The summed E-state index contributed by atoms with van der Waals surface area (Å²) in [4.78, 5) is 11.6. The Morgan fingerprint density at radius 1 is 1.05 bits per heavy atom. The Morgan fingerprint density at radius 2 is 1.70 bits per heavy atom. The Balaban J connectivity index is 1.94. The quantitative estimate of drug-likeness (QED) is 0.836. The summed E-state index contributed by atoms with van der Waals surface area (Å²) in [5.41, 5.74) is 0.766. The summed E-state index contributed by atoms with van der Waals surface area (Å²) in [6, 6.07) is 12.0. The van der Waals surface area contributed by atoms with E-state index in [-0.39, 0.29) is 12.1 Å². The first-order chi connectivity index (χ1) is 9.65. The van der Waals surface area contributed by atoms with Crippen LogP contribution in [0.1, 0.15) is 15.9 Å². The molecule has 0 radical (unpaired) electrons. The summed E-state index contributed by atoms with van der Waals surface area (Å²) in [5, 5.41) is 2.48. The summed E-state index contributed by atoms with van der Waals surface area (Å²) >= 11 is 0. The predicted molar refractivity (Wildman–Crippen MR) is 72.0 cm³/mol. The minimum atomic E-state index is -0.787. The van der Waals surface area contributed by atoms with Crippen molar-refractivity contribution >= 4 is 5.91 Å². The molecule has 0 aliphatic heterocycles. The van der Waals surface area contributed by atoms with Crippen molar-refractivity contribution < 1.29 is 13.6 Å². The van der Waals surface area contributed by atoms with E-state index in [4.69, 9.17) is 0 Å². The molecule has 20 heavy (non-hydrogen) atoms. The van der Waals surface area contributed by atoms with E-state index in [0.29, 0.717) is 6.07 Å². The monoisotopic (exact) mass is 271 g/mol. The number of nitrogens with one attached hydrogen (secondary N) is 1. The predicted octanol–water partition coefficient (Wildman–Crippen LogP) is 2.75. The van der Waals surface area contributed by atoms with Crippen molar-refractivity contribution in [2.24, 2.45) is 0 Å². The third-order valence-corrected chi connectivity index (χ3v) is 2.47. The van der Waals surface area contributed by atoms with Gasteiger partial charge in [0, 0.05) is 17.2 Å². The third kappa shape index (κ3) is 3.92. The lowest BCUT2D eigenvalue weighted by Crippen LogP contribution is -2.23. The van der Waals surface area contributed by atoms with Gasteiger partial charge in [0.05, 0.1) is 6.54 Å². The fourth-order valence-corrected chi connectivity index (χ4v) is 1.58. The molecule has 2 rings (SSSR count). The number of halogens is 2. The van der Waals surface area contributed by atoms with Crippen LogP contribution in [0.4, 0.5) is 8.78 Å². The van der Waals surface area contributed by atoms with Crippen molar-refractivity contribution in [3.8, 4) is 11.8 Å². The van der Waals surface area contributed by atoms with Crippen molar-refractivity contribution in [3.05, 3.63) is 71.3 Å². The molecule has 0 saturated carbocycles. The Kier molecular flexibility index (Phi) is 4.46. The van der Waals surface area contributed by atoms with Gasteiger partial charge in [-0.25, -0.2) is 8.78 Å². The van der Waals surface area contributed by atoms with Crippen LogP contribution in [0, 0.1) is 23.5 Å². The zero-order valence-corrected chi connectivity index (χ0v) is 10.5. The van der Waals surface area contributed by atoms with Crippen LogP contribution in [0.3, 0.4) is 0 Å². The van der Waals surface area contributed by atoms with Crippen molar-refractivity contribution in [2.45, 2.75) is 0 Å². The number of carbonyl (C=O) groups excluding carboxylic acids is 1. The highest BCUT2D eigenvalue weighted by molar-refractivity contribution is 5.94. The lowest BCUT2D eigenvalue weighted by atomic mass is 10.2. The summed E-state index contributed by atoms with van der Waals surface area (Å²) in [5.74, 6) is 3.49. The number of hydrogen-bond acceptors (Lipinski definition) is 1. The zero-order chi connectivity index (χ0) is 14.4. The minimum absolute atomic E-state index is 0.0657. The van der Waals surface area contributed by atoms with Gasteiger partial charge in [0.15, 0.2) is 0 Å². The molecule has 0 aliphatic carbocycles. The van der Waals surface area contributed by atoms with E-state index in [1.54, 1.807) is 0 Å². The molecule has 0 fully saturated rings. The summed E-state index contributed by atoms with van der Waals surface area (Å²) < 4.78 is 25.9.